The van der Waals surface area contributed by atoms with Crippen molar-refractivity contribution in [1.29, 1.82) is 0 Å². The summed E-state index contributed by atoms with van der Waals surface area (Å²) in [4.78, 5) is 26.8. The predicted octanol–water partition coefficient (Wildman–Crippen LogP) is 4.45. The van der Waals surface area contributed by atoms with Crippen LogP contribution in [-0.4, -0.2) is 60.0 Å². The second kappa shape index (κ2) is 9.96. The minimum absolute atomic E-state index is 0.0861. The molecule has 1 aliphatic heterocycles. The average Bonchev–Trinajstić information content (AvgIpc) is 2.85. The lowest BCUT2D eigenvalue weighted by atomic mass is 9.84. The molecule has 0 unspecified atom stereocenters. The Bertz CT molecular complexity index is 1230. The summed E-state index contributed by atoms with van der Waals surface area (Å²) < 4.78 is 0. The first-order valence-electron chi connectivity index (χ1n) is 12.3. The van der Waals surface area contributed by atoms with Crippen LogP contribution in [-0.2, 0) is 12.8 Å². The number of carbonyl (C=O) groups excluding carboxylic acids is 1. The second-order valence-corrected chi connectivity index (χ2v) is 10.2. The van der Waals surface area contributed by atoms with Crippen molar-refractivity contribution in [2.75, 3.05) is 38.1 Å². The fraction of sp³-hybridized carbons (Fsp3) is 0.393. The van der Waals surface area contributed by atoms with E-state index in [-0.39, 0.29) is 11.9 Å². The van der Waals surface area contributed by atoms with E-state index in [1.54, 1.807) is 12.4 Å². The van der Waals surface area contributed by atoms with E-state index in [1.165, 1.54) is 22.4 Å². The van der Waals surface area contributed by atoms with Crippen LogP contribution in [0.3, 0.4) is 0 Å². The Hall–Kier alpha value is -2.96. The van der Waals surface area contributed by atoms with Crippen molar-refractivity contribution in [2.24, 2.45) is 0 Å². The van der Waals surface area contributed by atoms with Gasteiger partial charge in [0.15, 0.2) is 0 Å². The number of anilines is 1. The molecule has 1 saturated heterocycles. The number of likely N-dealkylation sites (N-methyl/N-ethyl adjacent to an activating group) is 1. The van der Waals surface area contributed by atoms with Crippen LogP contribution >= 0.6 is 11.6 Å². The number of hydrogen-bond acceptors (Lipinski definition) is 5. The second-order valence-electron chi connectivity index (χ2n) is 9.81. The summed E-state index contributed by atoms with van der Waals surface area (Å²) in [6.07, 6.45) is 5.99. The van der Waals surface area contributed by atoms with E-state index in [0.29, 0.717) is 10.7 Å². The summed E-state index contributed by atoms with van der Waals surface area (Å²) in [6.45, 7) is 8.42. The maximum absolute atomic E-state index is 13.0. The van der Waals surface area contributed by atoms with Gasteiger partial charge < -0.3 is 15.1 Å². The molecule has 2 heterocycles. The third-order valence-electron chi connectivity index (χ3n) is 7.36. The van der Waals surface area contributed by atoms with Gasteiger partial charge in [0.1, 0.15) is 5.69 Å². The summed E-state index contributed by atoms with van der Waals surface area (Å²) in [5, 5.41) is 3.92. The predicted molar refractivity (Wildman–Crippen MR) is 141 cm³/mol. The average molecular weight is 490 g/mol. The zero-order valence-electron chi connectivity index (χ0n) is 20.6. The minimum Gasteiger partial charge on any atom is -0.369 e. The van der Waals surface area contributed by atoms with Gasteiger partial charge in [-0.3, -0.25) is 9.78 Å². The highest BCUT2D eigenvalue weighted by atomic mass is 35.5. The lowest BCUT2D eigenvalue weighted by molar-refractivity contribution is 0.0928. The fourth-order valence-electron chi connectivity index (χ4n) is 5.27. The van der Waals surface area contributed by atoms with E-state index >= 15 is 0 Å². The number of halogens is 1. The maximum Gasteiger partial charge on any atom is 0.271 e. The number of amides is 1. The quantitative estimate of drug-likeness (QED) is 0.586. The monoisotopic (exact) mass is 489 g/mol. The van der Waals surface area contributed by atoms with Crippen LogP contribution in [0.2, 0.25) is 5.02 Å². The van der Waals surface area contributed by atoms with E-state index < -0.39 is 0 Å². The lowest BCUT2D eigenvalue weighted by Gasteiger charge is -2.37. The molecule has 2 aliphatic rings. The van der Waals surface area contributed by atoms with Gasteiger partial charge in [-0.25, -0.2) is 4.98 Å². The van der Waals surface area contributed by atoms with Crippen LogP contribution in [0.25, 0.3) is 11.3 Å². The normalized spacial score (nSPS) is 18.3. The zero-order chi connectivity index (χ0) is 24.5. The summed E-state index contributed by atoms with van der Waals surface area (Å²) in [6, 6.07) is 10.3. The molecule has 1 fully saturated rings. The first kappa shape index (κ1) is 23.8. The number of aryl methyl sites for hydroxylation is 2. The van der Waals surface area contributed by atoms with Crippen LogP contribution in [0.15, 0.2) is 42.7 Å². The Morgan fingerprint density at radius 3 is 2.51 bits per heavy atom. The summed E-state index contributed by atoms with van der Waals surface area (Å²) in [5.41, 5.74) is 8.59. The first-order valence-corrected chi connectivity index (χ1v) is 12.7. The van der Waals surface area contributed by atoms with Crippen LogP contribution in [0, 0.1) is 13.8 Å². The molecular formula is C28H32ClN5O. The molecule has 1 N–H and O–H groups in total. The summed E-state index contributed by atoms with van der Waals surface area (Å²) >= 11 is 6.07. The van der Waals surface area contributed by atoms with Crippen molar-refractivity contribution in [1.82, 2.24) is 20.2 Å². The third kappa shape index (κ3) is 5.04. The smallest absolute Gasteiger partial charge is 0.271 e. The molecule has 1 atom stereocenters. The summed E-state index contributed by atoms with van der Waals surface area (Å²) in [7, 11) is 2.18. The van der Waals surface area contributed by atoms with Crippen molar-refractivity contribution < 1.29 is 4.79 Å². The van der Waals surface area contributed by atoms with Gasteiger partial charge in [-0.1, -0.05) is 23.7 Å². The molecule has 2 aromatic carbocycles. The van der Waals surface area contributed by atoms with Gasteiger partial charge in [-0.05, 0) is 80.6 Å². The zero-order valence-corrected chi connectivity index (χ0v) is 21.4. The van der Waals surface area contributed by atoms with Gasteiger partial charge >= 0.3 is 0 Å². The lowest BCUT2D eigenvalue weighted by Crippen LogP contribution is -2.45. The highest BCUT2D eigenvalue weighted by Crippen LogP contribution is 2.33. The molecule has 6 nitrogen and oxygen atoms in total. The fourth-order valence-corrected chi connectivity index (χ4v) is 5.49. The van der Waals surface area contributed by atoms with E-state index in [2.05, 4.69) is 51.2 Å². The Kier molecular flexibility index (Phi) is 6.76. The number of fused-ring (bicyclic) bond motifs is 1. The Labute approximate surface area is 212 Å². The number of carbonyl (C=O) groups is 1. The van der Waals surface area contributed by atoms with Gasteiger partial charge in [0, 0.05) is 48.5 Å². The van der Waals surface area contributed by atoms with E-state index in [4.69, 9.17) is 11.6 Å². The number of rotatable bonds is 4. The minimum atomic E-state index is -0.167. The molecule has 0 spiro atoms. The molecule has 7 heteroatoms. The SMILES string of the molecule is Cc1cc(Cl)ccc1-c1cnc(C(=O)N[C@H]2CCc3c(C)ccc(N4CCN(C)CC4)c3C2)cn1. The van der Waals surface area contributed by atoms with Gasteiger partial charge in [0.05, 0.1) is 18.1 Å². The molecule has 0 bridgehead atoms. The third-order valence-corrected chi connectivity index (χ3v) is 7.60. The highest BCUT2D eigenvalue weighted by Gasteiger charge is 2.27. The Morgan fingerprint density at radius 2 is 1.80 bits per heavy atom. The van der Waals surface area contributed by atoms with Crippen LogP contribution in [0.5, 0.6) is 0 Å². The number of nitrogens with one attached hydrogen (secondary N) is 1. The molecular weight excluding hydrogens is 458 g/mol. The van der Waals surface area contributed by atoms with E-state index in [1.807, 2.05) is 25.1 Å². The van der Waals surface area contributed by atoms with Gasteiger partial charge in [-0.2, -0.15) is 0 Å². The number of nitrogens with zero attached hydrogens (tertiary/aromatic N) is 4. The van der Waals surface area contributed by atoms with Crippen LogP contribution in [0.4, 0.5) is 5.69 Å². The van der Waals surface area contributed by atoms with Crippen molar-refractivity contribution in [3.8, 4) is 11.3 Å². The Morgan fingerprint density at radius 1 is 1.00 bits per heavy atom. The van der Waals surface area contributed by atoms with Crippen molar-refractivity contribution in [2.45, 2.75) is 39.2 Å². The number of hydrogen-bond donors (Lipinski definition) is 1. The number of piperazine rings is 1. The number of aromatic nitrogens is 2. The molecule has 182 valence electrons. The molecule has 35 heavy (non-hydrogen) atoms. The van der Waals surface area contributed by atoms with Crippen LogP contribution < -0.4 is 10.2 Å². The van der Waals surface area contributed by atoms with Gasteiger partial charge in [-0.15, -0.1) is 0 Å². The molecule has 0 saturated carbocycles. The Balaban J connectivity index is 1.30. The molecule has 5 rings (SSSR count). The van der Waals surface area contributed by atoms with Gasteiger partial charge in [0.2, 0.25) is 0 Å². The van der Waals surface area contributed by atoms with Crippen molar-refractivity contribution in [3.05, 3.63) is 75.7 Å². The largest absolute Gasteiger partial charge is 0.369 e. The summed E-state index contributed by atoms with van der Waals surface area (Å²) in [5.74, 6) is -0.167. The van der Waals surface area contributed by atoms with Crippen molar-refractivity contribution >= 4 is 23.2 Å². The molecule has 1 aliphatic carbocycles. The maximum atomic E-state index is 13.0. The highest BCUT2D eigenvalue weighted by molar-refractivity contribution is 6.30. The number of benzene rings is 2. The topological polar surface area (TPSA) is 61.4 Å². The van der Waals surface area contributed by atoms with Gasteiger partial charge in [0.25, 0.3) is 5.91 Å². The first-order chi connectivity index (χ1) is 16.9. The van der Waals surface area contributed by atoms with Crippen molar-refractivity contribution in [3.63, 3.8) is 0 Å². The molecule has 1 amide bonds. The molecule has 1 aromatic heterocycles. The van der Waals surface area contributed by atoms with E-state index in [9.17, 15) is 4.79 Å². The molecule has 3 aromatic rings. The van der Waals surface area contributed by atoms with Crippen LogP contribution in [0.1, 0.15) is 39.2 Å². The van der Waals surface area contributed by atoms with E-state index in [0.717, 1.165) is 62.3 Å². The standard InChI is InChI=1S/C28H32ClN5O/c1-18-4-9-27(34-12-10-33(3)11-13-34)24-15-21(6-8-22(18)24)32-28(35)26-17-30-25(16-31-26)23-7-5-20(29)14-19(23)2/h4-5,7,9,14,16-17,21H,6,8,10-13,15H2,1-3H3,(H,32,35)/t21-/m0/s1. The molecule has 0 radical (unpaired) electrons.